The largest absolute Gasteiger partial charge is 0.305 e. The predicted molar refractivity (Wildman–Crippen MR) is 82.2 cm³/mol. The molecule has 1 aromatic heterocycles. The van der Waals surface area contributed by atoms with E-state index in [2.05, 4.69) is 20.8 Å². The number of likely N-dealkylation sites (N-methyl/N-ethyl adjacent to an activating group) is 2. The van der Waals surface area contributed by atoms with Crippen molar-refractivity contribution in [3.05, 3.63) is 14.7 Å². The molecule has 2 heterocycles. The first-order valence-corrected chi connectivity index (χ1v) is 9.30. The van der Waals surface area contributed by atoms with Gasteiger partial charge >= 0.3 is 0 Å². The van der Waals surface area contributed by atoms with Crippen molar-refractivity contribution in [3.8, 4) is 0 Å². The molecule has 0 saturated carbocycles. The molecule has 0 bridgehead atoms. The third kappa shape index (κ3) is 3.21. The van der Waals surface area contributed by atoms with Crippen LogP contribution in [-0.4, -0.2) is 50.8 Å². The maximum atomic E-state index is 12.7. The van der Waals surface area contributed by atoms with Gasteiger partial charge in [-0.3, -0.25) is 0 Å². The average Bonchev–Trinajstić information content (AvgIpc) is 2.68. The van der Waals surface area contributed by atoms with Crippen molar-refractivity contribution in [2.75, 3.05) is 27.2 Å². The van der Waals surface area contributed by atoms with Crippen molar-refractivity contribution in [1.29, 1.82) is 0 Å². The standard InChI is InChI=1S/C12H19BrN2O2S2/c1-9-11(7-12(13)18-9)19(16,17)15(3)10-5-4-6-14(2)8-10/h7,10H,4-6,8H2,1-3H3. The summed E-state index contributed by atoms with van der Waals surface area (Å²) in [6, 6.07) is 1.78. The summed E-state index contributed by atoms with van der Waals surface area (Å²) in [4.78, 5) is 3.46. The molecule has 0 aromatic carbocycles. The lowest BCUT2D eigenvalue weighted by Gasteiger charge is -2.35. The van der Waals surface area contributed by atoms with Gasteiger partial charge < -0.3 is 4.90 Å². The number of sulfonamides is 1. The Morgan fingerprint density at radius 2 is 2.21 bits per heavy atom. The molecule has 1 atom stereocenters. The molecule has 4 nitrogen and oxygen atoms in total. The summed E-state index contributed by atoms with van der Waals surface area (Å²) >= 11 is 4.82. The normalized spacial score (nSPS) is 22.1. The Morgan fingerprint density at radius 1 is 1.53 bits per heavy atom. The summed E-state index contributed by atoms with van der Waals surface area (Å²) in [6.07, 6.45) is 1.98. The fourth-order valence-corrected chi connectivity index (χ4v) is 6.23. The van der Waals surface area contributed by atoms with Crippen LogP contribution in [0.3, 0.4) is 0 Å². The molecule has 19 heavy (non-hydrogen) atoms. The van der Waals surface area contributed by atoms with Crippen LogP contribution in [0.25, 0.3) is 0 Å². The van der Waals surface area contributed by atoms with Gasteiger partial charge in [0.05, 0.1) is 8.68 Å². The molecule has 1 aliphatic heterocycles. The van der Waals surface area contributed by atoms with Crippen LogP contribution in [0, 0.1) is 6.92 Å². The van der Waals surface area contributed by atoms with Gasteiger partial charge in [-0.2, -0.15) is 4.31 Å². The molecule has 2 rings (SSSR count). The fraction of sp³-hybridized carbons (Fsp3) is 0.667. The topological polar surface area (TPSA) is 40.6 Å². The van der Waals surface area contributed by atoms with Gasteiger partial charge in [0.15, 0.2) is 0 Å². The second-order valence-electron chi connectivity index (χ2n) is 5.05. The maximum absolute atomic E-state index is 12.7. The van der Waals surface area contributed by atoms with E-state index in [1.165, 1.54) is 11.3 Å². The van der Waals surface area contributed by atoms with Gasteiger partial charge in [-0.15, -0.1) is 11.3 Å². The third-order valence-electron chi connectivity index (χ3n) is 3.61. The van der Waals surface area contributed by atoms with E-state index in [-0.39, 0.29) is 6.04 Å². The van der Waals surface area contributed by atoms with Gasteiger partial charge in [-0.05, 0) is 55.4 Å². The molecule has 108 valence electrons. The lowest BCUT2D eigenvalue weighted by molar-refractivity contribution is 0.187. The molecule has 0 N–H and O–H groups in total. The smallest absolute Gasteiger partial charge is 0.244 e. The van der Waals surface area contributed by atoms with E-state index in [0.29, 0.717) is 4.90 Å². The first-order valence-electron chi connectivity index (χ1n) is 6.25. The number of likely N-dealkylation sites (tertiary alicyclic amines) is 1. The highest BCUT2D eigenvalue weighted by Crippen LogP contribution is 2.32. The highest BCUT2D eigenvalue weighted by Gasteiger charge is 2.32. The van der Waals surface area contributed by atoms with Crippen LogP contribution in [0.5, 0.6) is 0 Å². The van der Waals surface area contributed by atoms with Gasteiger partial charge in [0.25, 0.3) is 0 Å². The van der Waals surface area contributed by atoms with Gasteiger partial charge in [0.2, 0.25) is 10.0 Å². The molecule has 1 saturated heterocycles. The molecule has 1 aliphatic rings. The van der Waals surface area contributed by atoms with E-state index in [4.69, 9.17) is 0 Å². The molecule has 7 heteroatoms. The Labute approximate surface area is 127 Å². The molecular weight excluding hydrogens is 348 g/mol. The summed E-state index contributed by atoms with van der Waals surface area (Å²) in [7, 11) is 0.355. The number of halogens is 1. The molecule has 1 unspecified atom stereocenters. The zero-order valence-electron chi connectivity index (χ0n) is 11.4. The van der Waals surface area contributed by atoms with Crippen LogP contribution >= 0.6 is 27.3 Å². The summed E-state index contributed by atoms with van der Waals surface area (Å²) in [5.74, 6) is 0. The molecular formula is C12H19BrN2O2S2. The third-order valence-corrected chi connectivity index (χ3v) is 7.33. The number of hydrogen-bond donors (Lipinski definition) is 0. The van der Waals surface area contributed by atoms with Crippen LogP contribution < -0.4 is 0 Å². The molecule has 1 fully saturated rings. The lowest BCUT2D eigenvalue weighted by Crippen LogP contribution is -2.47. The minimum Gasteiger partial charge on any atom is -0.305 e. The zero-order chi connectivity index (χ0) is 14.2. The van der Waals surface area contributed by atoms with Gasteiger partial charge in [-0.25, -0.2) is 8.42 Å². The highest BCUT2D eigenvalue weighted by atomic mass is 79.9. The number of thiophene rings is 1. The van der Waals surface area contributed by atoms with E-state index in [1.54, 1.807) is 17.4 Å². The molecule has 0 radical (unpaired) electrons. The summed E-state index contributed by atoms with van der Waals surface area (Å²) in [5.41, 5.74) is 0. The highest BCUT2D eigenvalue weighted by molar-refractivity contribution is 9.11. The number of aryl methyl sites for hydroxylation is 1. The van der Waals surface area contributed by atoms with Crippen molar-refractivity contribution in [3.63, 3.8) is 0 Å². The summed E-state index contributed by atoms with van der Waals surface area (Å²) in [6.45, 7) is 3.71. The first-order chi connectivity index (χ1) is 8.82. The Balaban J connectivity index is 2.26. The molecule has 1 aromatic rings. The van der Waals surface area contributed by atoms with E-state index >= 15 is 0 Å². The summed E-state index contributed by atoms with van der Waals surface area (Å²) in [5, 5.41) is 0. The fourth-order valence-electron chi connectivity index (χ4n) is 2.47. The van der Waals surface area contributed by atoms with Crippen LogP contribution in [0.4, 0.5) is 0 Å². The van der Waals surface area contributed by atoms with Crippen LogP contribution in [0.15, 0.2) is 14.7 Å². The Morgan fingerprint density at radius 3 is 2.74 bits per heavy atom. The Hall–Kier alpha value is 0.0500. The SMILES string of the molecule is Cc1sc(Br)cc1S(=O)(=O)N(C)C1CCCN(C)C1. The minimum absolute atomic E-state index is 0.0711. The van der Waals surface area contributed by atoms with Crippen LogP contribution in [0.2, 0.25) is 0 Å². The van der Waals surface area contributed by atoms with Gasteiger partial charge in [-0.1, -0.05) is 0 Å². The first kappa shape index (κ1) is 15.4. The molecule has 0 amide bonds. The maximum Gasteiger partial charge on any atom is 0.244 e. The lowest BCUT2D eigenvalue weighted by atomic mass is 10.1. The number of piperidine rings is 1. The average molecular weight is 367 g/mol. The van der Waals surface area contributed by atoms with Crippen molar-refractivity contribution < 1.29 is 8.42 Å². The Bertz CT molecular complexity index is 556. The second-order valence-corrected chi connectivity index (χ2v) is 9.65. The predicted octanol–water partition coefficient (Wildman–Crippen LogP) is 2.53. The number of nitrogens with zero attached hydrogens (tertiary/aromatic N) is 2. The van der Waals surface area contributed by atoms with E-state index in [9.17, 15) is 8.42 Å². The van der Waals surface area contributed by atoms with E-state index in [0.717, 1.165) is 34.6 Å². The van der Waals surface area contributed by atoms with Gasteiger partial charge in [0, 0.05) is 24.5 Å². The minimum atomic E-state index is -3.38. The summed E-state index contributed by atoms with van der Waals surface area (Å²) < 4.78 is 27.7. The quantitative estimate of drug-likeness (QED) is 0.825. The van der Waals surface area contributed by atoms with Crippen LogP contribution in [-0.2, 0) is 10.0 Å². The second kappa shape index (κ2) is 5.81. The zero-order valence-corrected chi connectivity index (χ0v) is 14.6. The monoisotopic (exact) mass is 366 g/mol. The van der Waals surface area contributed by atoms with E-state index < -0.39 is 10.0 Å². The number of rotatable bonds is 3. The Kier molecular flexibility index (Phi) is 4.72. The number of hydrogen-bond acceptors (Lipinski definition) is 4. The van der Waals surface area contributed by atoms with Gasteiger partial charge in [0.1, 0.15) is 0 Å². The van der Waals surface area contributed by atoms with Crippen LogP contribution in [0.1, 0.15) is 17.7 Å². The van der Waals surface area contributed by atoms with Crippen molar-refractivity contribution in [2.45, 2.75) is 30.7 Å². The molecule has 0 aliphatic carbocycles. The van der Waals surface area contributed by atoms with E-state index in [1.807, 2.05) is 14.0 Å². The van der Waals surface area contributed by atoms with Crippen molar-refractivity contribution in [1.82, 2.24) is 9.21 Å². The molecule has 0 spiro atoms. The van der Waals surface area contributed by atoms with Crippen molar-refractivity contribution >= 4 is 37.3 Å². The van der Waals surface area contributed by atoms with Crippen molar-refractivity contribution in [2.24, 2.45) is 0 Å².